The average Bonchev–Trinajstić information content (AvgIpc) is 2.62. The van der Waals surface area contributed by atoms with Gasteiger partial charge in [-0.2, -0.15) is 0 Å². The smallest absolute Gasteiger partial charge is 0.158 e. The third-order valence-corrected chi connectivity index (χ3v) is 7.04. The van der Waals surface area contributed by atoms with Crippen molar-refractivity contribution in [3.63, 3.8) is 0 Å². The number of benzene rings is 3. The highest BCUT2D eigenvalue weighted by Gasteiger charge is 2.18. The van der Waals surface area contributed by atoms with Gasteiger partial charge in [-0.25, -0.2) is 0 Å². The molecule has 0 aliphatic rings. The average molecular weight is 466 g/mol. The Bertz CT molecular complexity index is 732. The van der Waals surface area contributed by atoms with E-state index in [2.05, 4.69) is 22.6 Å². The van der Waals surface area contributed by atoms with Crippen LogP contribution in [0.5, 0.6) is 0 Å². The molecule has 0 radical (unpaired) electrons. The molecule has 0 aromatic heterocycles. The number of rotatable bonds is 4. The Labute approximate surface area is 161 Å². The second-order valence-corrected chi connectivity index (χ2v) is 9.48. The van der Waals surface area contributed by atoms with Crippen LogP contribution >= 0.6 is 22.6 Å². The highest BCUT2D eigenvalue weighted by atomic mass is 127. The van der Waals surface area contributed by atoms with Gasteiger partial charge < -0.3 is 9.11 Å². The number of hydrogen-bond acceptors (Lipinski definition) is 2. The Morgan fingerprint density at radius 2 is 0.875 bits per heavy atom. The van der Waals surface area contributed by atoms with E-state index in [1.807, 2.05) is 55.5 Å². The standard InChI is InChI=1S/C19H15IO2S2/c1-14-2-6-16(7-3-14)23(21)18-10-12-19(13-11-18)24(22)17-8-4-15(20)5-9-17/h2-13H,1H3. The van der Waals surface area contributed by atoms with Gasteiger partial charge in [0.15, 0.2) is 19.6 Å². The fourth-order valence-corrected chi connectivity index (χ4v) is 4.62. The number of hydrogen-bond donors (Lipinski definition) is 0. The van der Waals surface area contributed by atoms with Crippen LogP contribution in [0, 0.1) is 10.5 Å². The van der Waals surface area contributed by atoms with E-state index in [0.29, 0.717) is 9.79 Å². The van der Waals surface area contributed by atoms with Crippen molar-refractivity contribution in [3.8, 4) is 0 Å². The Morgan fingerprint density at radius 1 is 0.583 bits per heavy atom. The van der Waals surface area contributed by atoms with Crippen LogP contribution < -0.4 is 0 Å². The van der Waals surface area contributed by atoms with E-state index in [-0.39, 0.29) is 0 Å². The van der Waals surface area contributed by atoms with Crippen molar-refractivity contribution in [2.45, 2.75) is 26.5 Å². The summed E-state index contributed by atoms with van der Waals surface area (Å²) in [7, 11) is 0. The molecule has 0 fully saturated rings. The molecule has 3 aromatic carbocycles. The first kappa shape index (κ1) is 17.8. The van der Waals surface area contributed by atoms with Crippen molar-refractivity contribution in [1.82, 2.24) is 0 Å². The molecular weight excluding hydrogens is 451 g/mol. The summed E-state index contributed by atoms with van der Waals surface area (Å²) >= 11 is -0.230. The third kappa shape index (κ3) is 4.15. The van der Waals surface area contributed by atoms with Crippen LogP contribution in [-0.2, 0) is 22.4 Å². The van der Waals surface area contributed by atoms with Gasteiger partial charge in [0.05, 0.1) is 0 Å². The summed E-state index contributed by atoms with van der Waals surface area (Å²) in [5.74, 6) is 0. The molecular formula is C19H15IO2S2. The van der Waals surface area contributed by atoms with Gasteiger partial charge in [0.1, 0.15) is 0 Å². The summed E-state index contributed by atoms with van der Waals surface area (Å²) in [6.07, 6.45) is 0. The van der Waals surface area contributed by atoms with E-state index in [1.165, 1.54) is 0 Å². The Hall–Kier alpha value is -0.990. The van der Waals surface area contributed by atoms with Crippen LogP contribution in [0.1, 0.15) is 5.56 Å². The molecule has 0 saturated carbocycles. The molecule has 0 amide bonds. The van der Waals surface area contributed by atoms with Crippen LogP contribution in [0.4, 0.5) is 0 Å². The van der Waals surface area contributed by atoms with E-state index >= 15 is 0 Å². The molecule has 0 saturated heterocycles. The van der Waals surface area contributed by atoms with Gasteiger partial charge in [-0.15, -0.1) is 0 Å². The van der Waals surface area contributed by atoms with Gasteiger partial charge in [-0.1, -0.05) is 17.7 Å². The molecule has 2 atom stereocenters. The molecule has 0 bridgehead atoms. The Morgan fingerprint density at radius 3 is 1.25 bits per heavy atom. The Balaban J connectivity index is 1.79. The molecule has 5 heteroatoms. The first-order valence-corrected chi connectivity index (χ1v) is 10.7. The zero-order valence-corrected chi connectivity index (χ0v) is 16.7. The Kier molecular flexibility index (Phi) is 5.89. The minimum atomic E-state index is -1.23. The van der Waals surface area contributed by atoms with Gasteiger partial charge >= 0.3 is 0 Å². The minimum Gasteiger partial charge on any atom is -0.606 e. The lowest BCUT2D eigenvalue weighted by Gasteiger charge is -2.12. The molecule has 2 unspecified atom stereocenters. The third-order valence-electron chi connectivity index (χ3n) is 3.51. The largest absolute Gasteiger partial charge is 0.606 e. The maximum atomic E-state index is 12.6. The van der Waals surface area contributed by atoms with Crippen molar-refractivity contribution in [2.24, 2.45) is 0 Å². The quantitative estimate of drug-likeness (QED) is 0.404. The van der Waals surface area contributed by atoms with Crippen LogP contribution in [0.2, 0.25) is 0 Å². The van der Waals surface area contributed by atoms with Gasteiger partial charge in [0.2, 0.25) is 0 Å². The van der Waals surface area contributed by atoms with Crippen LogP contribution in [0.3, 0.4) is 0 Å². The molecule has 0 N–H and O–H groups in total. The maximum Gasteiger partial charge on any atom is 0.158 e. The molecule has 122 valence electrons. The fourth-order valence-electron chi connectivity index (χ4n) is 2.18. The van der Waals surface area contributed by atoms with Crippen molar-refractivity contribution in [3.05, 3.63) is 81.9 Å². The van der Waals surface area contributed by atoms with E-state index < -0.39 is 22.4 Å². The monoisotopic (exact) mass is 466 g/mol. The van der Waals surface area contributed by atoms with E-state index in [9.17, 15) is 9.11 Å². The van der Waals surface area contributed by atoms with E-state index in [1.54, 1.807) is 24.3 Å². The van der Waals surface area contributed by atoms with Crippen LogP contribution in [-0.4, -0.2) is 9.11 Å². The highest BCUT2D eigenvalue weighted by Crippen LogP contribution is 2.25. The van der Waals surface area contributed by atoms with E-state index in [4.69, 9.17) is 0 Å². The predicted molar refractivity (Wildman–Crippen MR) is 106 cm³/mol. The lowest BCUT2D eigenvalue weighted by molar-refractivity contribution is 0.592. The molecule has 0 aliphatic heterocycles. The topological polar surface area (TPSA) is 46.1 Å². The fraction of sp³-hybridized carbons (Fsp3) is 0.0526. The zero-order valence-electron chi connectivity index (χ0n) is 12.9. The molecule has 24 heavy (non-hydrogen) atoms. The normalized spacial score (nSPS) is 13.5. The molecule has 3 rings (SSSR count). The first-order valence-electron chi connectivity index (χ1n) is 7.30. The highest BCUT2D eigenvalue weighted by molar-refractivity contribution is 14.1. The molecule has 0 aliphatic carbocycles. The van der Waals surface area contributed by atoms with Crippen molar-refractivity contribution < 1.29 is 9.11 Å². The summed E-state index contributed by atoms with van der Waals surface area (Å²) in [5, 5.41) is 0. The molecule has 0 spiro atoms. The minimum absolute atomic E-state index is 0.709. The summed E-state index contributed by atoms with van der Waals surface area (Å²) in [6, 6.07) is 22.4. The summed E-state index contributed by atoms with van der Waals surface area (Å²) in [5.41, 5.74) is 1.14. The number of aryl methyl sites for hydroxylation is 1. The molecule has 3 aromatic rings. The molecule has 0 heterocycles. The zero-order chi connectivity index (χ0) is 17.1. The van der Waals surface area contributed by atoms with Gasteiger partial charge in [-0.3, -0.25) is 0 Å². The molecule has 2 nitrogen and oxygen atoms in total. The SMILES string of the molecule is Cc1ccc([S+]([O-])c2ccc([S+]([O-])c3ccc(I)cc3)cc2)cc1. The summed E-state index contributed by atoms with van der Waals surface area (Å²) in [4.78, 5) is 2.96. The maximum absolute atomic E-state index is 12.6. The van der Waals surface area contributed by atoms with Gasteiger partial charge in [0.25, 0.3) is 0 Å². The second-order valence-electron chi connectivity index (χ2n) is 5.28. The van der Waals surface area contributed by atoms with Crippen molar-refractivity contribution in [2.75, 3.05) is 0 Å². The van der Waals surface area contributed by atoms with Crippen molar-refractivity contribution >= 4 is 44.9 Å². The second kappa shape index (κ2) is 7.93. The summed E-state index contributed by atoms with van der Waals surface area (Å²) < 4.78 is 26.3. The van der Waals surface area contributed by atoms with Crippen LogP contribution in [0.15, 0.2) is 92.4 Å². The summed E-state index contributed by atoms with van der Waals surface area (Å²) in [6.45, 7) is 2.00. The van der Waals surface area contributed by atoms with Crippen molar-refractivity contribution in [1.29, 1.82) is 0 Å². The van der Waals surface area contributed by atoms with Gasteiger partial charge in [-0.05, 0) is 90.2 Å². The van der Waals surface area contributed by atoms with E-state index in [0.717, 1.165) is 18.9 Å². The van der Waals surface area contributed by atoms with Crippen LogP contribution in [0.25, 0.3) is 0 Å². The lowest BCUT2D eigenvalue weighted by Crippen LogP contribution is -2.05. The number of halogens is 1. The van der Waals surface area contributed by atoms with Gasteiger partial charge in [0, 0.05) is 25.9 Å². The predicted octanol–water partition coefficient (Wildman–Crippen LogP) is 4.93. The lowest BCUT2D eigenvalue weighted by atomic mass is 10.2. The first-order chi connectivity index (χ1) is 11.5.